The first kappa shape index (κ1) is 13.5. The van der Waals surface area contributed by atoms with Crippen molar-refractivity contribution in [3.05, 3.63) is 42.3 Å². The molecule has 19 heavy (non-hydrogen) atoms. The number of furan rings is 1. The van der Waals surface area contributed by atoms with Gasteiger partial charge < -0.3 is 4.42 Å². The number of nitrogens with zero attached hydrogens (tertiary/aromatic N) is 1. The molecule has 0 aliphatic rings. The van der Waals surface area contributed by atoms with E-state index in [1.165, 1.54) is 35.3 Å². The van der Waals surface area contributed by atoms with Gasteiger partial charge in [-0.05, 0) is 6.07 Å². The SMILES string of the molecule is C=CCS(=O)(=O)NC(=O)c1csc(-c2ccoc2)n1. The molecule has 0 aromatic carbocycles. The third kappa shape index (κ3) is 3.30. The maximum Gasteiger partial charge on any atom is 0.284 e. The maximum absolute atomic E-state index is 11.7. The summed E-state index contributed by atoms with van der Waals surface area (Å²) < 4.78 is 29.6. The molecule has 2 heterocycles. The van der Waals surface area contributed by atoms with Crippen LogP contribution in [0, 0.1) is 0 Å². The van der Waals surface area contributed by atoms with Crippen molar-refractivity contribution in [3.63, 3.8) is 0 Å². The fraction of sp³-hybridized carbons (Fsp3) is 0.0909. The van der Waals surface area contributed by atoms with E-state index in [1.807, 2.05) is 4.72 Å². The van der Waals surface area contributed by atoms with Gasteiger partial charge in [0.05, 0.1) is 12.0 Å². The number of rotatable bonds is 5. The lowest BCUT2D eigenvalue weighted by molar-refractivity contribution is 0.0977. The van der Waals surface area contributed by atoms with Gasteiger partial charge in [-0.25, -0.2) is 18.1 Å². The van der Waals surface area contributed by atoms with Gasteiger partial charge in [0.15, 0.2) is 0 Å². The van der Waals surface area contributed by atoms with Gasteiger partial charge in [-0.15, -0.1) is 17.9 Å². The molecule has 0 bridgehead atoms. The summed E-state index contributed by atoms with van der Waals surface area (Å²) in [5.74, 6) is -1.08. The van der Waals surface area contributed by atoms with Gasteiger partial charge in [0.25, 0.3) is 5.91 Å². The van der Waals surface area contributed by atoms with E-state index in [1.54, 1.807) is 6.07 Å². The highest BCUT2D eigenvalue weighted by Crippen LogP contribution is 2.23. The Balaban J connectivity index is 2.15. The number of sulfonamides is 1. The van der Waals surface area contributed by atoms with Crippen molar-refractivity contribution in [1.29, 1.82) is 0 Å². The normalized spacial score (nSPS) is 11.2. The van der Waals surface area contributed by atoms with Crippen LogP contribution in [0.4, 0.5) is 0 Å². The number of hydrogen-bond donors (Lipinski definition) is 1. The molecule has 0 radical (unpaired) electrons. The largest absolute Gasteiger partial charge is 0.472 e. The quantitative estimate of drug-likeness (QED) is 0.848. The number of thiazole rings is 1. The minimum atomic E-state index is -3.70. The van der Waals surface area contributed by atoms with Crippen molar-refractivity contribution >= 4 is 27.3 Å². The van der Waals surface area contributed by atoms with E-state index in [2.05, 4.69) is 11.6 Å². The third-order valence-corrected chi connectivity index (χ3v) is 4.15. The first-order valence-corrected chi connectivity index (χ1v) is 7.69. The minimum absolute atomic E-state index is 0.0498. The van der Waals surface area contributed by atoms with Crippen LogP contribution in [-0.4, -0.2) is 25.1 Å². The van der Waals surface area contributed by atoms with Crippen LogP contribution in [0.3, 0.4) is 0 Å². The molecule has 1 N–H and O–H groups in total. The average molecular weight is 298 g/mol. The monoisotopic (exact) mass is 298 g/mol. The number of hydrogen-bond acceptors (Lipinski definition) is 6. The van der Waals surface area contributed by atoms with Gasteiger partial charge in [0, 0.05) is 10.9 Å². The average Bonchev–Trinajstić information content (AvgIpc) is 2.99. The zero-order valence-corrected chi connectivity index (χ0v) is 11.3. The van der Waals surface area contributed by atoms with Crippen molar-refractivity contribution in [2.75, 3.05) is 5.75 Å². The summed E-state index contributed by atoms with van der Waals surface area (Å²) in [6.07, 6.45) is 4.19. The summed E-state index contributed by atoms with van der Waals surface area (Å²) in [6.45, 7) is 3.31. The van der Waals surface area contributed by atoms with Gasteiger partial charge in [-0.1, -0.05) is 6.08 Å². The summed E-state index contributed by atoms with van der Waals surface area (Å²) in [5, 5.41) is 2.07. The highest BCUT2D eigenvalue weighted by molar-refractivity contribution is 7.90. The zero-order chi connectivity index (χ0) is 13.9. The van der Waals surface area contributed by atoms with Crippen LogP contribution in [0.15, 0.2) is 41.0 Å². The van der Waals surface area contributed by atoms with Crippen molar-refractivity contribution in [3.8, 4) is 10.6 Å². The summed E-state index contributed by atoms with van der Waals surface area (Å²) >= 11 is 1.23. The van der Waals surface area contributed by atoms with Crippen molar-refractivity contribution in [2.45, 2.75) is 0 Å². The van der Waals surface area contributed by atoms with Crippen LogP contribution < -0.4 is 4.72 Å². The van der Waals surface area contributed by atoms with Gasteiger partial charge in [0.2, 0.25) is 10.0 Å². The van der Waals surface area contributed by atoms with Crippen molar-refractivity contribution in [1.82, 2.24) is 9.71 Å². The molecule has 2 rings (SSSR count). The Bertz CT molecular complexity index is 686. The van der Waals surface area contributed by atoms with Crippen LogP contribution in [-0.2, 0) is 10.0 Å². The number of nitrogens with one attached hydrogen (secondary N) is 1. The summed E-state index contributed by atoms with van der Waals surface area (Å²) in [7, 11) is -3.70. The Hall–Kier alpha value is -1.93. The number of carbonyl (C=O) groups excluding carboxylic acids is 1. The Kier molecular flexibility index (Phi) is 3.82. The molecule has 0 atom stereocenters. The molecule has 2 aromatic rings. The second kappa shape index (κ2) is 5.37. The molecule has 0 fully saturated rings. The Morgan fingerprint density at radius 1 is 1.58 bits per heavy atom. The van der Waals surface area contributed by atoms with Gasteiger partial charge in [0.1, 0.15) is 17.0 Å². The van der Waals surface area contributed by atoms with Crippen molar-refractivity contribution in [2.24, 2.45) is 0 Å². The maximum atomic E-state index is 11.7. The molecule has 0 aliphatic carbocycles. The van der Waals surface area contributed by atoms with E-state index in [9.17, 15) is 13.2 Å². The van der Waals surface area contributed by atoms with E-state index < -0.39 is 15.9 Å². The molecular weight excluding hydrogens is 288 g/mol. The van der Waals surface area contributed by atoms with E-state index in [4.69, 9.17) is 4.42 Å². The highest BCUT2D eigenvalue weighted by Gasteiger charge is 2.17. The zero-order valence-electron chi connectivity index (χ0n) is 9.70. The Labute approximate surface area is 113 Å². The van der Waals surface area contributed by atoms with E-state index in [0.717, 1.165) is 5.56 Å². The van der Waals surface area contributed by atoms with Gasteiger partial charge in [-0.3, -0.25) is 4.79 Å². The van der Waals surface area contributed by atoms with Crippen LogP contribution >= 0.6 is 11.3 Å². The molecule has 6 nitrogen and oxygen atoms in total. The molecule has 0 saturated heterocycles. The third-order valence-electron chi connectivity index (χ3n) is 2.09. The molecule has 0 saturated carbocycles. The van der Waals surface area contributed by atoms with Gasteiger partial charge >= 0.3 is 0 Å². The van der Waals surface area contributed by atoms with Crippen LogP contribution in [0.5, 0.6) is 0 Å². The molecule has 2 aromatic heterocycles. The smallest absolute Gasteiger partial charge is 0.284 e. The molecular formula is C11H10N2O4S2. The molecule has 0 unspecified atom stereocenters. The number of amides is 1. The lowest BCUT2D eigenvalue weighted by Crippen LogP contribution is -2.32. The standard InChI is InChI=1S/C11H10N2O4S2/c1-2-5-19(15,16)13-10(14)9-7-18-11(12-9)8-3-4-17-6-8/h2-4,6-7H,1,5H2,(H,13,14). The predicted octanol–water partition coefficient (Wildman–Crippen LogP) is 1.65. The van der Waals surface area contributed by atoms with E-state index in [-0.39, 0.29) is 11.4 Å². The molecule has 0 spiro atoms. The summed E-state index contributed by atoms with van der Waals surface area (Å²) in [6, 6.07) is 1.70. The fourth-order valence-electron chi connectivity index (χ4n) is 1.29. The molecule has 8 heteroatoms. The van der Waals surface area contributed by atoms with E-state index >= 15 is 0 Å². The van der Waals surface area contributed by atoms with Gasteiger partial charge in [-0.2, -0.15) is 0 Å². The minimum Gasteiger partial charge on any atom is -0.472 e. The highest BCUT2D eigenvalue weighted by atomic mass is 32.2. The van der Waals surface area contributed by atoms with E-state index in [0.29, 0.717) is 5.01 Å². The first-order valence-electron chi connectivity index (χ1n) is 5.15. The Morgan fingerprint density at radius 2 is 2.37 bits per heavy atom. The van der Waals surface area contributed by atoms with Crippen LogP contribution in [0.1, 0.15) is 10.5 Å². The number of carbonyl (C=O) groups is 1. The fourth-order valence-corrected chi connectivity index (χ4v) is 2.85. The first-order chi connectivity index (χ1) is 9.02. The molecule has 1 amide bonds. The number of aromatic nitrogens is 1. The van der Waals surface area contributed by atoms with Crippen LogP contribution in [0.2, 0.25) is 0 Å². The topological polar surface area (TPSA) is 89.3 Å². The second-order valence-electron chi connectivity index (χ2n) is 3.55. The van der Waals surface area contributed by atoms with Crippen molar-refractivity contribution < 1.29 is 17.6 Å². The molecule has 0 aliphatic heterocycles. The summed E-state index contributed by atoms with van der Waals surface area (Å²) in [5.41, 5.74) is 0.784. The Morgan fingerprint density at radius 3 is 3.00 bits per heavy atom. The lowest BCUT2D eigenvalue weighted by atomic mass is 10.3. The lowest BCUT2D eigenvalue weighted by Gasteiger charge is -2.01. The van der Waals surface area contributed by atoms with Crippen LogP contribution in [0.25, 0.3) is 10.6 Å². The predicted molar refractivity (Wildman–Crippen MR) is 71.3 cm³/mol. The second-order valence-corrected chi connectivity index (χ2v) is 6.18. The summed E-state index contributed by atoms with van der Waals surface area (Å²) in [4.78, 5) is 15.8. The molecule has 100 valence electrons.